The average Bonchev–Trinajstić information content (AvgIpc) is 3.22. The highest BCUT2D eigenvalue weighted by Gasteiger charge is 2.56. The zero-order valence-electron chi connectivity index (χ0n) is 17.3. The second kappa shape index (κ2) is 8.55. The molecule has 1 aromatic carbocycles. The van der Waals surface area contributed by atoms with E-state index < -0.39 is 54.2 Å². The molecule has 172 valence electrons. The van der Waals surface area contributed by atoms with Crippen LogP contribution in [0.15, 0.2) is 24.4 Å². The smallest absolute Gasteiger partial charge is 0.392 e. The molecule has 2 N–H and O–H groups in total. The van der Waals surface area contributed by atoms with Gasteiger partial charge in [-0.3, -0.25) is 19.6 Å². The summed E-state index contributed by atoms with van der Waals surface area (Å²) >= 11 is 0. The van der Waals surface area contributed by atoms with Crippen LogP contribution in [0.25, 0.3) is 10.9 Å². The molecule has 2 amide bonds. The van der Waals surface area contributed by atoms with Crippen LogP contribution in [-0.4, -0.2) is 50.2 Å². The number of halogens is 3. The van der Waals surface area contributed by atoms with Gasteiger partial charge < -0.3 is 5.11 Å². The number of alkyl halides is 3. The minimum absolute atomic E-state index is 0.0573. The zero-order chi connectivity index (χ0) is 23.0. The second-order valence-electron chi connectivity index (χ2n) is 8.69. The number of aromatic nitrogens is 2. The van der Waals surface area contributed by atoms with Crippen LogP contribution in [0.4, 0.5) is 13.2 Å². The van der Waals surface area contributed by atoms with Gasteiger partial charge in [0.25, 0.3) is 0 Å². The van der Waals surface area contributed by atoms with Crippen molar-refractivity contribution in [3.63, 3.8) is 0 Å². The van der Waals surface area contributed by atoms with E-state index in [-0.39, 0.29) is 6.42 Å². The highest BCUT2D eigenvalue weighted by atomic mass is 19.4. The Morgan fingerprint density at radius 1 is 1.22 bits per heavy atom. The Bertz CT molecular complexity index is 1030. The Kier molecular flexibility index (Phi) is 5.96. The third kappa shape index (κ3) is 4.10. The van der Waals surface area contributed by atoms with Crippen molar-refractivity contribution in [3.8, 4) is 0 Å². The summed E-state index contributed by atoms with van der Waals surface area (Å²) in [6, 6.07) is 3.77. The first-order chi connectivity index (χ1) is 15.2. The largest absolute Gasteiger partial charge is 0.480 e. The van der Waals surface area contributed by atoms with Crippen LogP contribution in [-0.2, 0) is 20.8 Å². The lowest BCUT2D eigenvalue weighted by Crippen LogP contribution is -2.67. The maximum atomic E-state index is 13.7. The number of aliphatic carboxylic acids is 1. The Hall–Kier alpha value is -2.91. The van der Waals surface area contributed by atoms with Crippen molar-refractivity contribution < 1.29 is 32.7 Å². The van der Waals surface area contributed by atoms with E-state index in [1.807, 2.05) is 0 Å². The van der Waals surface area contributed by atoms with E-state index in [1.54, 1.807) is 24.4 Å². The lowest BCUT2D eigenvalue weighted by atomic mass is 9.76. The minimum Gasteiger partial charge on any atom is -0.480 e. The molecular weight excluding hydrogens is 427 g/mol. The Balaban J connectivity index is 1.51. The number of rotatable bonds is 6. The number of fused-ring (bicyclic) bond motifs is 1. The quantitative estimate of drug-likeness (QED) is 0.652. The summed E-state index contributed by atoms with van der Waals surface area (Å²) in [5.41, 5.74) is 1.40. The van der Waals surface area contributed by atoms with Gasteiger partial charge in [0.05, 0.1) is 23.5 Å². The summed E-state index contributed by atoms with van der Waals surface area (Å²) in [5, 5.41) is 17.1. The van der Waals surface area contributed by atoms with Crippen molar-refractivity contribution in [2.45, 2.75) is 57.2 Å². The number of carbonyl (C=O) groups is 3. The highest BCUT2D eigenvalue weighted by molar-refractivity contribution is 6.08. The number of nitrogens with one attached hydrogen (secondary N) is 1. The molecule has 3 atom stereocenters. The molecule has 32 heavy (non-hydrogen) atoms. The number of H-pyrrole nitrogens is 1. The molecule has 2 aliphatic rings. The summed E-state index contributed by atoms with van der Waals surface area (Å²) in [6.45, 7) is 0. The number of β-lactam (4-membered cyclic amide) rings is 1. The predicted molar refractivity (Wildman–Crippen MR) is 107 cm³/mol. The molecule has 10 heteroatoms. The maximum Gasteiger partial charge on any atom is 0.392 e. The number of carbonyl (C=O) groups excluding carboxylic acids is 2. The van der Waals surface area contributed by atoms with Crippen molar-refractivity contribution >= 4 is 28.7 Å². The van der Waals surface area contributed by atoms with Gasteiger partial charge in [0.2, 0.25) is 11.8 Å². The van der Waals surface area contributed by atoms with Crippen molar-refractivity contribution in [1.82, 2.24) is 15.1 Å². The third-order valence-corrected chi connectivity index (χ3v) is 6.78. The average molecular weight is 451 g/mol. The molecule has 2 heterocycles. The van der Waals surface area contributed by atoms with Gasteiger partial charge in [-0.25, -0.2) is 4.79 Å². The monoisotopic (exact) mass is 451 g/mol. The summed E-state index contributed by atoms with van der Waals surface area (Å²) in [5.74, 6) is -6.77. The van der Waals surface area contributed by atoms with Gasteiger partial charge in [-0.1, -0.05) is 31.4 Å². The number of imide groups is 1. The molecule has 1 aromatic heterocycles. The lowest BCUT2D eigenvalue weighted by Gasteiger charge is -2.44. The minimum atomic E-state index is -4.58. The number of aromatic amines is 1. The number of likely N-dealkylation sites (tertiary alicyclic amines) is 1. The van der Waals surface area contributed by atoms with Gasteiger partial charge in [-0.15, -0.1) is 0 Å². The summed E-state index contributed by atoms with van der Waals surface area (Å²) in [4.78, 5) is 37.9. The van der Waals surface area contributed by atoms with Crippen molar-refractivity contribution in [2.75, 3.05) is 0 Å². The fourth-order valence-corrected chi connectivity index (χ4v) is 5.13. The van der Waals surface area contributed by atoms with Gasteiger partial charge in [0.15, 0.2) is 0 Å². The standard InChI is InChI=1S/C22H24F3N3O4/c23-22(24,25)16(12-5-2-1-3-6-12)10-18(29)28-19(21(31)32)14(20(28)30)9-13-7-4-8-17-15(13)11-26-27-17/h4,7-8,11-12,14,16,19H,1-3,5-6,9-10H2,(H,26,27)(H,31,32)/t14-,16+,19+/m1/s1. The Morgan fingerprint density at radius 2 is 1.94 bits per heavy atom. The fraction of sp³-hybridized carbons (Fsp3) is 0.545. The molecule has 4 rings (SSSR count). The van der Waals surface area contributed by atoms with Gasteiger partial charge in [0.1, 0.15) is 6.04 Å². The lowest BCUT2D eigenvalue weighted by molar-refractivity contribution is -0.200. The van der Waals surface area contributed by atoms with Crippen LogP contribution in [0.5, 0.6) is 0 Å². The molecule has 0 spiro atoms. The molecule has 0 bridgehead atoms. The van der Waals surface area contributed by atoms with Crippen molar-refractivity contribution in [1.29, 1.82) is 0 Å². The molecule has 2 aromatic rings. The molecule has 1 saturated carbocycles. The summed E-state index contributed by atoms with van der Waals surface area (Å²) < 4.78 is 41.1. The number of benzene rings is 1. The first kappa shape index (κ1) is 22.3. The molecule has 2 fully saturated rings. The van der Waals surface area contributed by atoms with E-state index in [1.165, 1.54) is 0 Å². The van der Waals surface area contributed by atoms with Crippen LogP contribution in [0.2, 0.25) is 0 Å². The summed E-state index contributed by atoms with van der Waals surface area (Å²) in [7, 11) is 0. The molecule has 0 unspecified atom stereocenters. The van der Waals surface area contributed by atoms with Crippen LogP contribution < -0.4 is 0 Å². The van der Waals surface area contributed by atoms with Gasteiger partial charge >= 0.3 is 12.1 Å². The van der Waals surface area contributed by atoms with Gasteiger partial charge in [-0.05, 0) is 36.8 Å². The van der Waals surface area contributed by atoms with Crippen LogP contribution >= 0.6 is 0 Å². The first-order valence-corrected chi connectivity index (χ1v) is 10.7. The fourth-order valence-electron chi connectivity index (χ4n) is 5.13. The van der Waals surface area contributed by atoms with E-state index >= 15 is 0 Å². The van der Waals surface area contributed by atoms with Gasteiger partial charge in [-0.2, -0.15) is 18.3 Å². The van der Waals surface area contributed by atoms with E-state index in [4.69, 9.17) is 0 Å². The molecule has 1 saturated heterocycles. The number of nitrogens with zero attached hydrogens (tertiary/aromatic N) is 2. The van der Waals surface area contributed by atoms with Crippen LogP contribution in [0.3, 0.4) is 0 Å². The molecule has 1 aliphatic heterocycles. The molecule has 7 nitrogen and oxygen atoms in total. The van der Waals surface area contributed by atoms with E-state index in [2.05, 4.69) is 10.2 Å². The Morgan fingerprint density at radius 3 is 2.59 bits per heavy atom. The van der Waals surface area contributed by atoms with Crippen LogP contribution in [0, 0.1) is 17.8 Å². The van der Waals surface area contributed by atoms with E-state index in [0.717, 1.165) is 17.3 Å². The van der Waals surface area contributed by atoms with E-state index in [9.17, 15) is 32.7 Å². The first-order valence-electron chi connectivity index (χ1n) is 10.7. The number of carboxylic acid groups (broad SMARTS) is 1. The number of amides is 2. The van der Waals surface area contributed by atoms with Crippen molar-refractivity contribution in [3.05, 3.63) is 30.0 Å². The summed E-state index contributed by atoms with van der Waals surface area (Å²) in [6.07, 6.45) is -0.885. The third-order valence-electron chi connectivity index (χ3n) is 6.78. The zero-order valence-corrected chi connectivity index (χ0v) is 17.3. The topological polar surface area (TPSA) is 103 Å². The maximum absolute atomic E-state index is 13.7. The Labute approximate surface area is 182 Å². The molecule has 0 radical (unpaired) electrons. The number of hydrogen-bond acceptors (Lipinski definition) is 4. The normalized spacial score (nSPS) is 23.2. The van der Waals surface area contributed by atoms with E-state index in [0.29, 0.717) is 36.1 Å². The number of hydrogen-bond donors (Lipinski definition) is 2. The second-order valence-corrected chi connectivity index (χ2v) is 8.69. The predicted octanol–water partition coefficient (Wildman–Crippen LogP) is 3.69. The van der Waals surface area contributed by atoms with Gasteiger partial charge in [0, 0.05) is 11.8 Å². The van der Waals surface area contributed by atoms with Crippen molar-refractivity contribution in [2.24, 2.45) is 17.8 Å². The molecule has 1 aliphatic carbocycles. The molecular formula is C22H24F3N3O4. The SMILES string of the molecule is O=C(O)[C@@H]1[C@@H](Cc2cccc3[nH]ncc23)C(=O)N1C(=O)C[C@@H](C1CCCCC1)C(F)(F)F. The van der Waals surface area contributed by atoms with Crippen LogP contribution in [0.1, 0.15) is 44.1 Å². The number of carboxylic acids is 1. The highest BCUT2D eigenvalue weighted by Crippen LogP contribution is 2.43.